The Kier molecular flexibility index (Phi) is 9.05. The third-order valence-corrected chi connectivity index (χ3v) is 3.51. The van der Waals surface area contributed by atoms with Crippen LogP contribution in [0, 0.1) is 5.41 Å². The van der Waals surface area contributed by atoms with Gasteiger partial charge in [-0.2, -0.15) is 0 Å². The van der Waals surface area contributed by atoms with Crippen molar-refractivity contribution in [3.63, 3.8) is 0 Å². The fourth-order valence-electron chi connectivity index (χ4n) is 2.31. The van der Waals surface area contributed by atoms with E-state index in [1.165, 1.54) is 6.20 Å². The fraction of sp³-hybridized carbons (Fsp3) is 0.800. The molecule has 0 saturated carbocycles. The van der Waals surface area contributed by atoms with Crippen LogP contribution in [-0.2, 0) is 4.79 Å². The van der Waals surface area contributed by atoms with E-state index in [1.54, 1.807) is 6.20 Å². The van der Waals surface area contributed by atoms with Crippen LogP contribution in [0.2, 0.25) is 0 Å². The summed E-state index contributed by atoms with van der Waals surface area (Å²) in [6.45, 7) is 10.7. The van der Waals surface area contributed by atoms with Crippen LogP contribution in [0.4, 0.5) is 0 Å². The van der Waals surface area contributed by atoms with Crippen molar-refractivity contribution in [3.05, 3.63) is 12.4 Å². The van der Waals surface area contributed by atoms with Crippen molar-refractivity contribution >= 4 is 5.91 Å². The lowest BCUT2D eigenvalue weighted by molar-refractivity contribution is -0.132. The first-order valence-corrected chi connectivity index (χ1v) is 7.56. The van der Waals surface area contributed by atoms with Gasteiger partial charge in [0.05, 0.1) is 6.04 Å². The van der Waals surface area contributed by atoms with Gasteiger partial charge in [-0.1, -0.05) is 27.7 Å². The van der Waals surface area contributed by atoms with E-state index in [0.29, 0.717) is 0 Å². The zero-order chi connectivity index (χ0) is 15.6. The van der Waals surface area contributed by atoms with Crippen LogP contribution in [0.25, 0.3) is 0 Å². The molecule has 1 heterocycles. The monoisotopic (exact) mass is 284 g/mol. The van der Waals surface area contributed by atoms with Gasteiger partial charge in [0, 0.05) is 32.0 Å². The third kappa shape index (κ3) is 6.28. The number of carbonyl (C=O) groups excluding carboxylic acids is 1. The van der Waals surface area contributed by atoms with Crippen molar-refractivity contribution in [2.24, 2.45) is 11.1 Å². The quantitative estimate of drug-likeness (QED) is 0.665. The number of likely N-dealkylation sites (N-methyl/N-ethyl adjacent to an activating group) is 1. The van der Waals surface area contributed by atoms with Crippen LogP contribution < -0.4 is 16.4 Å². The Bertz CT molecular complexity index is 302. The summed E-state index contributed by atoms with van der Waals surface area (Å²) in [6.07, 6.45) is 5.10. The maximum Gasteiger partial charge on any atom is 0.239 e. The minimum Gasteiger partial charge on any atom is -0.403 e. The highest BCUT2D eigenvalue weighted by atomic mass is 16.2. The summed E-state index contributed by atoms with van der Waals surface area (Å²) in [5.41, 5.74) is 5.46. The highest BCUT2D eigenvalue weighted by Crippen LogP contribution is 2.30. The van der Waals surface area contributed by atoms with Crippen LogP contribution in [0.5, 0.6) is 0 Å². The van der Waals surface area contributed by atoms with E-state index in [0.717, 1.165) is 32.5 Å². The molecule has 0 spiro atoms. The maximum atomic E-state index is 12.3. The molecule has 1 fully saturated rings. The number of hydrogen-bond donors (Lipinski definition) is 3. The zero-order valence-electron chi connectivity index (χ0n) is 13.7. The van der Waals surface area contributed by atoms with E-state index in [4.69, 9.17) is 5.73 Å². The number of nitrogens with zero attached hydrogens (tertiary/aromatic N) is 1. The summed E-state index contributed by atoms with van der Waals surface area (Å²) in [6, 6.07) is -0.0625. The topological polar surface area (TPSA) is 70.4 Å². The van der Waals surface area contributed by atoms with Crippen molar-refractivity contribution in [2.45, 2.75) is 46.6 Å². The Morgan fingerprint density at radius 1 is 1.45 bits per heavy atom. The molecule has 1 saturated heterocycles. The first-order valence-electron chi connectivity index (χ1n) is 7.56. The summed E-state index contributed by atoms with van der Waals surface area (Å²) >= 11 is 0. The van der Waals surface area contributed by atoms with Crippen molar-refractivity contribution in [1.29, 1.82) is 0 Å². The van der Waals surface area contributed by atoms with Gasteiger partial charge in [-0.15, -0.1) is 0 Å². The van der Waals surface area contributed by atoms with E-state index in [-0.39, 0.29) is 17.4 Å². The van der Waals surface area contributed by atoms with Crippen LogP contribution in [-0.4, -0.2) is 43.5 Å². The van der Waals surface area contributed by atoms with Crippen molar-refractivity contribution in [3.8, 4) is 0 Å². The molecule has 5 heteroatoms. The van der Waals surface area contributed by atoms with Crippen molar-refractivity contribution in [1.82, 2.24) is 15.5 Å². The number of rotatable bonds is 5. The Balaban J connectivity index is 0.00000172. The van der Waals surface area contributed by atoms with Gasteiger partial charge in [0.1, 0.15) is 0 Å². The molecule has 118 valence electrons. The molecule has 1 atom stereocenters. The molecule has 1 aliphatic rings. The summed E-state index contributed by atoms with van der Waals surface area (Å²) < 4.78 is 0. The van der Waals surface area contributed by atoms with Gasteiger partial charge >= 0.3 is 0 Å². The van der Waals surface area contributed by atoms with Gasteiger partial charge < -0.3 is 21.3 Å². The molecular formula is C15H32N4O. The Labute approximate surface area is 124 Å². The molecule has 4 N–H and O–H groups in total. The lowest BCUT2D eigenvalue weighted by Crippen LogP contribution is -2.46. The second-order valence-electron chi connectivity index (χ2n) is 5.60. The van der Waals surface area contributed by atoms with E-state index in [1.807, 2.05) is 25.8 Å². The largest absolute Gasteiger partial charge is 0.403 e. The van der Waals surface area contributed by atoms with Gasteiger partial charge in [0.2, 0.25) is 5.91 Å². The van der Waals surface area contributed by atoms with Gasteiger partial charge in [-0.05, 0) is 25.3 Å². The minimum absolute atomic E-state index is 0.0625. The van der Waals surface area contributed by atoms with Crippen LogP contribution in [0.3, 0.4) is 0 Å². The van der Waals surface area contributed by atoms with Gasteiger partial charge in [0.15, 0.2) is 0 Å². The SMILES string of the molecule is CC.CNC1CC(C)(C)CCN(CCN/C=C\N)C1=O. The van der Waals surface area contributed by atoms with Gasteiger partial charge in [0.25, 0.3) is 0 Å². The first kappa shape index (κ1) is 18.8. The molecule has 1 rings (SSSR count). The van der Waals surface area contributed by atoms with E-state index < -0.39 is 0 Å². The summed E-state index contributed by atoms with van der Waals surface area (Å²) in [5, 5.41) is 6.19. The van der Waals surface area contributed by atoms with Crippen molar-refractivity contribution in [2.75, 3.05) is 26.7 Å². The number of carbonyl (C=O) groups is 1. The lowest BCUT2D eigenvalue weighted by Gasteiger charge is -2.24. The van der Waals surface area contributed by atoms with E-state index >= 15 is 0 Å². The molecule has 5 nitrogen and oxygen atoms in total. The van der Waals surface area contributed by atoms with Gasteiger partial charge in [-0.25, -0.2) is 0 Å². The first-order chi connectivity index (χ1) is 9.50. The molecule has 1 amide bonds. The standard InChI is InChI=1S/C13H26N4O.C2H6/c1-13(2)4-8-17(9-7-16-6-5-14)12(18)11(10-13)15-3;1-2/h5-6,11,15-16H,4,7-10,14H2,1-3H3;1-2H3/b6-5-;. The minimum atomic E-state index is -0.0625. The molecular weight excluding hydrogens is 252 g/mol. The summed E-state index contributed by atoms with van der Waals surface area (Å²) in [7, 11) is 1.86. The Hall–Kier alpha value is -1.23. The third-order valence-electron chi connectivity index (χ3n) is 3.51. The Morgan fingerprint density at radius 3 is 2.65 bits per heavy atom. The number of likely N-dealkylation sites (tertiary alicyclic amines) is 1. The van der Waals surface area contributed by atoms with Gasteiger partial charge in [-0.3, -0.25) is 4.79 Å². The number of nitrogens with two attached hydrogens (primary N) is 1. The highest BCUT2D eigenvalue weighted by molar-refractivity contribution is 5.82. The van der Waals surface area contributed by atoms with Crippen molar-refractivity contribution < 1.29 is 4.79 Å². The molecule has 0 radical (unpaired) electrons. The lowest BCUT2D eigenvalue weighted by atomic mass is 9.83. The molecule has 0 aromatic rings. The van der Waals surface area contributed by atoms with E-state index in [2.05, 4.69) is 24.5 Å². The van der Waals surface area contributed by atoms with Crippen LogP contribution in [0.15, 0.2) is 12.4 Å². The fourth-order valence-corrected chi connectivity index (χ4v) is 2.31. The molecule has 0 bridgehead atoms. The second kappa shape index (κ2) is 9.64. The maximum absolute atomic E-state index is 12.3. The highest BCUT2D eigenvalue weighted by Gasteiger charge is 2.33. The predicted octanol–water partition coefficient (Wildman–Crippen LogP) is 1.27. The molecule has 0 aliphatic carbocycles. The average Bonchev–Trinajstić information content (AvgIpc) is 2.55. The molecule has 1 aliphatic heterocycles. The normalized spacial score (nSPS) is 22.1. The van der Waals surface area contributed by atoms with E-state index in [9.17, 15) is 4.79 Å². The number of amides is 1. The molecule has 0 aromatic carbocycles. The summed E-state index contributed by atoms with van der Waals surface area (Å²) in [4.78, 5) is 14.3. The number of nitrogens with one attached hydrogen (secondary N) is 2. The number of hydrogen-bond acceptors (Lipinski definition) is 4. The zero-order valence-corrected chi connectivity index (χ0v) is 13.7. The van der Waals surface area contributed by atoms with Crippen LogP contribution >= 0.6 is 0 Å². The second-order valence-corrected chi connectivity index (χ2v) is 5.60. The summed E-state index contributed by atoms with van der Waals surface area (Å²) in [5.74, 6) is 0.210. The molecule has 1 unspecified atom stereocenters. The van der Waals surface area contributed by atoms with Crippen LogP contribution in [0.1, 0.15) is 40.5 Å². The predicted molar refractivity (Wildman–Crippen MR) is 85.1 cm³/mol. The average molecular weight is 284 g/mol. The molecule has 20 heavy (non-hydrogen) atoms. The molecule has 0 aromatic heterocycles. The smallest absolute Gasteiger partial charge is 0.239 e. The Morgan fingerprint density at radius 2 is 2.10 bits per heavy atom.